The summed E-state index contributed by atoms with van der Waals surface area (Å²) >= 11 is 0. The van der Waals surface area contributed by atoms with Crippen molar-refractivity contribution in [1.82, 2.24) is 4.90 Å². The SMILES string of the molecule is CC(C)(C)C(=O)N1CCC2(CC1)CC2. The third kappa shape index (κ3) is 1.79. The Morgan fingerprint density at radius 3 is 1.93 bits per heavy atom. The number of hydrogen-bond donors (Lipinski definition) is 0. The van der Waals surface area contributed by atoms with E-state index in [2.05, 4.69) is 4.90 Å². The minimum absolute atomic E-state index is 0.200. The van der Waals surface area contributed by atoms with Gasteiger partial charge in [-0.3, -0.25) is 4.79 Å². The van der Waals surface area contributed by atoms with Crippen molar-refractivity contribution in [1.29, 1.82) is 0 Å². The summed E-state index contributed by atoms with van der Waals surface area (Å²) in [6, 6.07) is 0. The third-order valence-corrected chi connectivity index (χ3v) is 3.71. The highest BCUT2D eigenvalue weighted by Gasteiger charge is 2.45. The van der Waals surface area contributed by atoms with Crippen LogP contribution in [0.3, 0.4) is 0 Å². The number of rotatable bonds is 0. The van der Waals surface area contributed by atoms with E-state index < -0.39 is 0 Å². The minimum Gasteiger partial charge on any atom is -0.342 e. The van der Waals surface area contributed by atoms with E-state index in [-0.39, 0.29) is 5.41 Å². The first-order valence-electron chi connectivity index (χ1n) is 5.72. The molecule has 0 atom stereocenters. The molecule has 1 spiro atoms. The van der Waals surface area contributed by atoms with Crippen molar-refractivity contribution < 1.29 is 4.79 Å². The summed E-state index contributed by atoms with van der Waals surface area (Å²) in [5.74, 6) is 0.327. The van der Waals surface area contributed by atoms with Crippen molar-refractivity contribution >= 4 is 5.91 Å². The van der Waals surface area contributed by atoms with Gasteiger partial charge in [-0.15, -0.1) is 0 Å². The van der Waals surface area contributed by atoms with E-state index in [1.54, 1.807) is 0 Å². The molecule has 0 radical (unpaired) electrons. The van der Waals surface area contributed by atoms with Crippen molar-refractivity contribution in [3.63, 3.8) is 0 Å². The molecule has 2 heteroatoms. The Morgan fingerprint density at radius 1 is 1.07 bits per heavy atom. The van der Waals surface area contributed by atoms with E-state index >= 15 is 0 Å². The molecule has 0 unspecified atom stereocenters. The van der Waals surface area contributed by atoms with Gasteiger partial charge in [-0.1, -0.05) is 20.8 Å². The van der Waals surface area contributed by atoms with Gasteiger partial charge in [0.2, 0.25) is 5.91 Å². The van der Waals surface area contributed by atoms with Crippen LogP contribution in [0.25, 0.3) is 0 Å². The molecule has 1 saturated heterocycles. The Bertz CT molecular complexity index is 238. The lowest BCUT2D eigenvalue weighted by atomic mass is 9.89. The standard InChI is InChI=1S/C12H21NO/c1-11(2,3)10(14)13-8-6-12(4-5-12)7-9-13/h4-9H2,1-3H3. The first kappa shape index (κ1) is 10.0. The first-order chi connectivity index (χ1) is 6.43. The lowest BCUT2D eigenvalue weighted by Gasteiger charge is -2.35. The van der Waals surface area contributed by atoms with Crippen LogP contribution in [-0.2, 0) is 4.79 Å². The number of carbonyl (C=O) groups excluding carboxylic acids is 1. The fourth-order valence-corrected chi connectivity index (χ4v) is 2.34. The smallest absolute Gasteiger partial charge is 0.227 e. The Balaban J connectivity index is 1.91. The summed E-state index contributed by atoms with van der Waals surface area (Å²) in [6.45, 7) is 8.02. The third-order valence-electron chi connectivity index (χ3n) is 3.71. The molecule has 2 fully saturated rings. The molecule has 1 aliphatic carbocycles. The quantitative estimate of drug-likeness (QED) is 0.581. The topological polar surface area (TPSA) is 20.3 Å². The zero-order chi connectivity index (χ0) is 10.4. The highest BCUT2D eigenvalue weighted by molar-refractivity contribution is 5.81. The van der Waals surface area contributed by atoms with Gasteiger partial charge in [-0.25, -0.2) is 0 Å². The highest BCUT2D eigenvalue weighted by atomic mass is 16.2. The van der Waals surface area contributed by atoms with Crippen molar-refractivity contribution in [2.75, 3.05) is 13.1 Å². The number of likely N-dealkylation sites (tertiary alicyclic amines) is 1. The van der Waals surface area contributed by atoms with Gasteiger partial charge in [0.15, 0.2) is 0 Å². The van der Waals surface area contributed by atoms with Gasteiger partial charge in [-0.2, -0.15) is 0 Å². The van der Waals surface area contributed by atoms with E-state index in [1.165, 1.54) is 25.7 Å². The van der Waals surface area contributed by atoms with Crippen LogP contribution in [0.15, 0.2) is 0 Å². The normalized spacial score (nSPS) is 25.2. The van der Waals surface area contributed by atoms with Crippen molar-refractivity contribution in [3.8, 4) is 0 Å². The van der Waals surface area contributed by atoms with Crippen molar-refractivity contribution in [2.24, 2.45) is 10.8 Å². The predicted molar refractivity (Wildman–Crippen MR) is 56.9 cm³/mol. The Labute approximate surface area is 86.7 Å². The monoisotopic (exact) mass is 195 g/mol. The Kier molecular flexibility index (Phi) is 2.13. The molecule has 0 aromatic rings. The molecule has 1 heterocycles. The van der Waals surface area contributed by atoms with E-state index in [1.807, 2.05) is 20.8 Å². The number of carbonyl (C=O) groups is 1. The van der Waals surface area contributed by atoms with Gasteiger partial charge in [0.25, 0.3) is 0 Å². The fourth-order valence-electron chi connectivity index (χ4n) is 2.34. The van der Waals surface area contributed by atoms with E-state index in [0.717, 1.165) is 13.1 Å². The average molecular weight is 195 g/mol. The molecule has 0 aromatic heterocycles. The van der Waals surface area contributed by atoms with Crippen LogP contribution in [0.4, 0.5) is 0 Å². The number of hydrogen-bond acceptors (Lipinski definition) is 1. The van der Waals surface area contributed by atoms with Crippen LogP contribution >= 0.6 is 0 Å². The second-order valence-electron chi connectivity index (χ2n) is 6.04. The molecule has 2 aliphatic rings. The molecule has 0 aromatic carbocycles. The predicted octanol–water partition coefficient (Wildman–Crippen LogP) is 2.44. The molecule has 1 aliphatic heterocycles. The van der Waals surface area contributed by atoms with E-state index in [0.29, 0.717) is 11.3 Å². The average Bonchev–Trinajstić information content (AvgIpc) is 2.84. The largest absolute Gasteiger partial charge is 0.342 e. The minimum atomic E-state index is -0.200. The van der Waals surface area contributed by atoms with E-state index in [9.17, 15) is 4.79 Å². The molecule has 1 amide bonds. The lowest BCUT2D eigenvalue weighted by Crippen LogP contribution is -2.44. The zero-order valence-corrected chi connectivity index (χ0v) is 9.60. The molecular weight excluding hydrogens is 174 g/mol. The molecule has 0 N–H and O–H groups in total. The van der Waals surface area contributed by atoms with Gasteiger partial charge in [0.05, 0.1) is 0 Å². The second kappa shape index (κ2) is 2.98. The van der Waals surface area contributed by atoms with Gasteiger partial charge < -0.3 is 4.90 Å². The summed E-state index contributed by atoms with van der Waals surface area (Å²) in [5, 5.41) is 0. The lowest BCUT2D eigenvalue weighted by molar-refractivity contribution is -0.141. The fraction of sp³-hybridized carbons (Fsp3) is 0.917. The van der Waals surface area contributed by atoms with Crippen molar-refractivity contribution in [3.05, 3.63) is 0 Å². The van der Waals surface area contributed by atoms with Crippen LogP contribution in [0.2, 0.25) is 0 Å². The molecular formula is C12H21NO. The van der Waals surface area contributed by atoms with Gasteiger partial charge in [0, 0.05) is 18.5 Å². The molecule has 2 nitrogen and oxygen atoms in total. The molecule has 14 heavy (non-hydrogen) atoms. The zero-order valence-electron chi connectivity index (χ0n) is 9.60. The van der Waals surface area contributed by atoms with Crippen LogP contribution in [0.5, 0.6) is 0 Å². The van der Waals surface area contributed by atoms with Gasteiger partial charge in [0.1, 0.15) is 0 Å². The van der Waals surface area contributed by atoms with Gasteiger partial charge >= 0.3 is 0 Å². The number of nitrogens with zero attached hydrogens (tertiary/aromatic N) is 1. The van der Waals surface area contributed by atoms with Crippen LogP contribution in [-0.4, -0.2) is 23.9 Å². The van der Waals surface area contributed by atoms with Crippen molar-refractivity contribution in [2.45, 2.75) is 46.5 Å². The molecule has 1 saturated carbocycles. The maximum atomic E-state index is 12.0. The first-order valence-corrected chi connectivity index (χ1v) is 5.72. The maximum absolute atomic E-state index is 12.0. The van der Waals surface area contributed by atoms with Crippen LogP contribution in [0, 0.1) is 10.8 Å². The summed E-state index contributed by atoms with van der Waals surface area (Å²) in [7, 11) is 0. The second-order valence-corrected chi connectivity index (χ2v) is 6.04. The Hall–Kier alpha value is -0.530. The summed E-state index contributed by atoms with van der Waals surface area (Å²) in [6.07, 6.45) is 5.30. The van der Waals surface area contributed by atoms with Crippen LogP contribution < -0.4 is 0 Å². The summed E-state index contributed by atoms with van der Waals surface area (Å²) < 4.78 is 0. The summed E-state index contributed by atoms with van der Waals surface area (Å²) in [5.41, 5.74) is 0.475. The van der Waals surface area contributed by atoms with E-state index in [4.69, 9.17) is 0 Å². The molecule has 2 rings (SSSR count). The number of amides is 1. The Morgan fingerprint density at radius 2 is 1.57 bits per heavy atom. The van der Waals surface area contributed by atoms with Crippen LogP contribution in [0.1, 0.15) is 46.5 Å². The van der Waals surface area contributed by atoms with Gasteiger partial charge in [-0.05, 0) is 31.1 Å². The summed E-state index contributed by atoms with van der Waals surface area (Å²) in [4.78, 5) is 14.0. The molecule has 0 bridgehead atoms. The molecule has 80 valence electrons. The highest BCUT2D eigenvalue weighted by Crippen LogP contribution is 2.53. The maximum Gasteiger partial charge on any atom is 0.227 e. The number of piperidine rings is 1.